The fraction of sp³-hybridized carbons (Fsp3) is 1.00. The topological polar surface area (TPSA) is 30.5 Å². The zero-order valence-corrected chi connectivity index (χ0v) is 11.4. The quantitative estimate of drug-likeness (QED) is 0.784. The van der Waals surface area contributed by atoms with Crippen molar-refractivity contribution in [1.29, 1.82) is 0 Å². The Morgan fingerprint density at radius 3 is 2.56 bits per heavy atom. The van der Waals surface area contributed by atoms with Crippen molar-refractivity contribution in [3.8, 4) is 0 Å². The highest BCUT2D eigenvalue weighted by Gasteiger charge is 2.42. The number of hydrogen-bond donors (Lipinski definition) is 1. The zero-order valence-electron chi connectivity index (χ0n) is 11.4. The van der Waals surface area contributed by atoms with Gasteiger partial charge in [-0.15, -0.1) is 0 Å². The van der Waals surface area contributed by atoms with Crippen molar-refractivity contribution in [1.82, 2.24) is 5.32 Å². The predicted octanol–water partition coefficient (Wildman–Crippen LogP) is 2.21. The second-order valence-electron chi connectivity index (χ2n) is 5.87. The summed E-state index contributed by atoms with van der Waals surface area (Å²) in [7, 11) is 0. The van der Waals surface area contributed by atoms with Crippen LogP contribution in [0, 0.1) is 5.41 Å². The largest absolute Gasteiger partial charge is 0.381 e. The number of rotatable bonds is 5. The van der Waals surface area contributed by atoms with Crippen LogP contribution in [0.3, 0.4) is 0 Å². The Bertz CT molecular complexity index is 212. The molecule has 0 radical (unpaired) electrons. The Morgan fingerprint density at radius 2 is 2.12 bits per heavy atom. The van der Waals surface area contributed by atoms with Crippen LogP contribution in [0.1, 0.15) is 41.0 Å². The monoisotopic (exact) mass is 229 g/mol. The molecule has 1 heterocycles. The highest BCUT2D eigenvalue weighted by Crippen LogP contribution is 2.35. The van der Waals surface area contributed by atoms with Gasteiger partial charge in [0.15, 0.2) is 0 Å². The Labute approximate surface area is 99.9 Å². The lowest BCUT2D eigenvalue weighted by Crippen LogP contribution is -2.48. The SMILES string of the molecule is CCOCC1(CNC(C)(C)C)CCOC1C. The standard InChI is InChI=1S/C13H27NO2/c1-6-15-10-13(7-8-16-11(13)2)9-14-12(3,4)5/h11,14H,6-10H2,1-5H3. The first-order valence-corrected chi connectivity index (χ1v) is 6.34. The van der Waals surface area contributed by atoms with Crippen molar-refractivity contribution < 1.29 is 9.47 Å². The molecule has 2 unspecified atom stereocenters. The molecular formula is C13H27NO2. The van der Waals surface area contributed by atoms with Crippen LogP contribution in [0.25, 0.3) is 0 Å². The molecule has 16 heavy (non-hydrogen) atoms. The average molecular weight is 229 g/mol. The van der Waals surface area contributed by atoms with Crippen LogP contribution in [0.2, 0.25) is 0 Å². The maximum Gasteiger partial charge on any atom is 0.0638 e. The maximum atomic E-state index is 5.71. The Kier molecular flexibility index (Phi) is 4.77. The molecule has 96 valence electrons. The van der Waals surface area contributed by atoms with Gasteiger partial charge in [0.2, 0.25) is 0 Å². The van der Waals surface area contributed by atoms with Crippen LogP contribution in [-0.2, 0) is 9.47 Å². The molecule has 3 heteroatoms. The Balaban J connectivity index is 2.57. The van der Waals surface area contributed by atoms with E-state index in [1.54, 1.807) is 0 Å². The summed E-state index contributed by atoms with van der Waals surface area (Å²) >= 11 is 0. The third-order valence-electron chi connectivity index (χ3n) is 3.39. The lowest BCUT2D eigenvalue weighted by Gasteiger charge is -2.35. The molecule has 0 aromatic heterocycles. The molecule has 1 aliphatic rings. The molecule has 2 atom stereocenters. The van der Waals surface area contributed by atoms with Crippen LogP contribution >= 0.6 is 0 Å². The molecule has 0 amide bonds. The van der Waals surface area contributed by atoms with Crippen molar-refractivity contribution in [2.75, 3.05) is 26.4 Å². The van der Waals surface area contributed by atoms with Gasteiger partial charge in [-0.3, -0.25) is 0 Å². The first-order chi connectivity index (χ1) is 7.40. The minimum absolute atomic E-state index is 0.154. The fourth-order valence-corrected chi connectivity index (χ4v) is 2.04. The highest BCUT2D eigenvalue weighted by molar-refractivity contribution is 4.93. The second-order valence-corrected chi connectivity index (χ2v) is 5.87. The van der Waals surface area contributed by atoms with Crippen LogP contribution in [0.5, 0.6) is 0 Å². The molecule has 3 nitrogen and oxygen atoms in total. The summed E-state index contributed by atoms with van der Waals surface area (Å²) in [6.45, 7) is 14.2. The van der Waals surface area contributed by atoms with Gasteiger partial charge in [0.25, 0.3) is 0 Å². The van der Waals surface area contributed by atoms with Gasteiger partial charge in [0.05, 0.1) is 12.7 Å². The van der Waals surface area contributed by atoms with E-state index in [1.807, 2.05) is 6.92 Å². The summed E-state index contributed by atoms with van der Waals surface area (Å²) in [5.74, 6) is 0. The zero-order chi connectivity index (χ0) is 12.2. The lowest BCUT2D eigenvalue weighted by molar-refractivity contribution is -0.00525. The second kappa shape index (κ2) is 5.48. The minimum atomic E-state index is 0.154. The molecule has 0 aliphatic carbocycles. The van der Waals surface area contributed by atoms with Gasteiger partial charge in [-0.2, -0.15) is 0 Å². The summed E-state index contributed by atoms with van der Waals surface area (Å²) in [5.41, 5.74) is 0.310. The summed E-state index contributed by atoms with van der Waals surface area (Å²) in [4.78, 5) is 0. The molecular weight excluding hydrogens is 202 g/mol. The molecule has 0 aromatic carbocycles. The normalized spacial score (nSPS) is 30.9. The third-order valence-corrected chi connectivity index (χ3v) is 3.39. The van der Waals surface area contributed by atoms with Gasteiger partial charge in [-0.25, -0.2) is 0 Å². The van der Waals surface area contributed by atoms with Crippen molar-refractivity contribution in [3.05, 3.63) is 0 Å². The lowest BCUT2D eigenvalue weighted by atomic mass is 9.81. The molecule has 1 N–H and O–H groups in total. The van der Waals surface area contributed by atoms with Crippen molar-refractivity contribution >= 4 is 0 Å². The van der Waals surface area contributed by atoms with Crippen molar-refractivity contribution in [2.45, 2.75) is 52.7 Å². The van der Waals surface area contributed by atoms with Gasteiger partial charge >= 0.3 is 0 Å². The van der Waals surface area contributed by atoms with Crippen LogP contribution in [-0.4, -0.2) is 38.0 Å². The van der Waals surface area contributed by atoms with E-state index in [2.05, 4.69) is 33.0 Å². The van der Waals surface area contributed by atoms with E-state index in [9.17, 15) is 0 Å². The Morgan fingerprint density at radius 1 is 1.44 bits per heavy atom. The van der Waals surface area contributed by atoms with E-state index in [4.69, 9.17) is 9.47 Å². The summed E-state index contributed by atoms with van der Waals surface area (Å²) in [5, 5.41) is 3.58. The van der Waals surface area contributed by atoms with Crippen LogP contribution < -0.4 is 5.32 Å². The van der Waals surface area contributed by atoms with E-state index in [0.29, 0.717) is 0 Å². The van der Waals surface area contributed by atoms with Gasteiger partial charge in [0.1, 0.15) is 0 Å². The smallest absolute Gasteiger partial charge is 0.0638 e. The van der Waals surface area contributed by atoms with Gasteiger partial charge < -0.3 is 14.8 Å². The molecule has 0 spiro atoms. The average Bonchev–Trinajstić information content (AvgIpc) is 2.54. The number of nitrogens with one attached hydrogen (secondary N) is 1. The fourth-order valence-electron chi connectivity index (χ4n) is 2.04. The van der Waals surface area contributed by atoms with E-state index >= 15 is 0 Å². The molecule has 1 saturated heterocycles. The number of ether oxygens (including phenoxy) is 2. The van der Waals surface area contributed by atoms with E-state index in [-0.39, 0.29) is 17.1 Å². The van der Waals surface area contributed by atoms with Gasteiger partial charge in [0, 0.05) is 30.7 Å². The van der Waals surface area contributed by atoms with Crippen molar-refractivity contribution in [3.63, 3.8) is 0 Å². The first kappa shape index (κ1) is 13.9. The van der Waals surface area contributed by atoms with Crippen LogP contribution in [0.4, 0.5) is 0 Å². The molecule has 1 rings (SSSR count). The minimum Gasteiger partial charge on any atom is -0.381 e. The third kappa shape index (κ3) is 3.72. The maximum absolute atomic E-state index is 5.71. The highest BCUT2D eigenvalue weighted by atomic mass is 16.5. The molecule has 1 aliphatic heterocycles. The number of hydrogen-bond acceptors (Lipinski definition) is 3. The Hall–Kier alpha value is -0.120. The van der Waals surface area contributed by atoms with E-state index in [0.717, 1.165) is 32.8 Å². The molecule has 1 fully saturated rings. The van der Waals surface area contributed by atoms with E-state index in [1.165, 1.54) is 0 Å². The predicted molar refractivity (Wildman–Crippen MR) is 66.7 cm³/mol. The van der Waals surface area contributed by atoms with Crippen LogP contribution in [0.15, 0.2) is 0 Å². The summed E-state index contributed by atoms with van der Waals surface area (Å²) in [6, 6.07) is 0. The van der Waals surface area contributed by atoms with Gasteiger partial charge in [-0.1, -0.05) is 0 Å². The first-order valence-electron chi connectivity index (χ1n) is 6.34. The molecule has 0 saturated carbocycles. The molecule has 0 aromatic rings. The summed E-state index contributed by atoms with van der Waals surface area (Å²) in [6.07, 6.45) is 1.38. The van der Waals surface area contributed by atoms with E-state index < -0.39 is 0 Å². The van der Waals surface area contributed by atoms with Crippen molar-refractivity contribution in [2.24, 2.45) is 5.41 Å². The summed E-state index contributed by atoms with van der Waals surface area (Å²) < 4.78 is 11.3. The molecule has 0 bridgehead atoms. The van der Waals surface area contributed by atoms with Gasteiger partial charge in [-0.05, 0) is 41.0 Å².